The Kier molecular flexibility index (Phi) is 3.74. The van der Waals surface area contributed by atoms with Gasteiger partial charge in [-0.05, 0) is 19.1 Å². The van der Waals surface area contributed by atoms with Crippen LogP contribution in [0.25, 0.3) is 0 Å². The molecular formula is C14H12N2O4. The van der Waals surface area contributed by atoms with E-state index in [0.29, 0.717) is 11.6 Å². The number of ether oxygens (including phenoxy) is 1. The molecule has 0 fully saturated rings. The van der Waals surface area contributed by atoms with Crippen molar-refractivity contribution < 1.29 is 19.4 Å². The number of nitrogens with zero attached hydrogens (tertiary/aromatic N) is 2. The summed E-state index contributed by atoms with van der Waals surface area (Å²) >= 11 is 0. The van der Waals surface area contributed by atoms with Gasteiger partial charge in [-0.2, -0.15) is 0 Å². The molecule has 6 heteroatoms. The van der Waals surface area contributed by atoms with Gasteiger partial charge in [0.1, 0.15) is 11.6 Å². The van der Waals surface area contributed by atoms with E-state index in [-0.39, 0.29) is 16.8 Å². The van der Waals surface area contributed by atoms with Gasteiger partial charge in [-0.1, -0.05) is 12.1 Å². The van der Waals surface area contributed by atoms with Crippen LogP contribution < -0.4 is 4.74 Å². The van der Waals surface area contributed by atoms with Crippen molar-refractivity contribution in [2.24, 2.45) is 0 Å². The molecule has 0 unspecified atom stereocenters. The first-order chi connectivity index (χ1) is 9.54. The highest BCUT2D eigenvalue weighted by Gasteiger charge is 2.22. The van der Waals surface area contributed by atoms with Crippen LogP contribution in [0.5, 0.6) is 5.75 Å². The molecule has 0 saturated carbocycles. The van der Waals surface area contributed by atoms with Crippen molar-refractivity contribution in [3.8, 4) is 5.75 Å². The maximum Gasteiger partial charge on any atom is 0.355 e. The molecule has 0 atom stereocenters. The van der Waals surface area contributed by atoms with Crippen LogP contribution in [-0.2, 0) is 0 Å². The minimum Gasteiger partial charge on any atom is -0.496 e. The largest absolute Gasteiger partial charge is 0.496 e. The number of carbonyl (C=O) groups is 2. The van der Waals surface area contributed by atoms with Crippen LogP contribution in [0.3, 0.4) is 0 Å². The van der Waals surface area contributed by atoms with Crippen LogP contribution in [0.4, 0.5) is 0 Å². The van der Waals surface area contributed by atoms with Crippen molar-refractivity contribution in [2.75, 3.05) is 7.11 Å². The third-order valence-electron chi connectivity index (χ3n) is 2.71. The molecule has 6 nitrogen and oxygen atoms in total. The third-order valence-corrected chi connectivity index (χ3v) is 2.71. The van der Waals surface area contributed by atoms with Crippen molar-refractivity contribution in [1.29, 1.82) is 0 Å². The van der Waals surface area contributed by atoms with E-state index < -0.39 is 11.8 Å². The number of carboxylic acids is 1. The molecule has 0 aliphatic carbocycles. The number of carbonyl (C=O) groups excluding carboxylic acids is 1. The molecule has 1 heterocycles. The minimum absolute atomic E-state index is 0.0624. The smallest absolute Gasteiger partial charge is 0.355 e. The van der Waals surface area contributed by atoms with E-state index >= 15 is 0 Å². The lowest BCUT2D eigenvalue weighted by Gasteiger charge is -2.08. The predicted octanol–water partition coefficient (Wildman–Crippen LogP) is 1.72. The summed E-state index contributed by atoms with van der Waals surface area (Å²) in [5.74, 6) is -1.10. The summed E-state index contributed by atoms with van der Waals surface area (Å²) in [5, 5.41) is 9.14. The fourth-order valence-electron chi connectivity index (χ4n) is 1.78. The number of aromatic nitrogens is 2. The van der Waals surface area contributed by atoms with Gasteiger partial charge in [0, 0.05) is 6.20 Å². The van der Waals surface area contributed by atoms with E-state index in [2.05, 4.69) is 9.97 Å². The van der Waals surface area contributed by atoms with E-state index in [1.54, 1.807) is 31.2 Å². The van der Waals surface area contributed by atoms with Crippen LogP contribution in [0.15, 0.2) is 30.5 Å². The summed E-state index contributed by atoms with van der Waals surface area (Å²) < 4.78 is 5.10. The summed E-state index contributed by atoms with van der Waals surface area (Å²) in [6.07, 6.45) is 1.22. The fraction of sp³-hybridized carbons (Fsp3) is 0.143. The number of ketones is 1. The minimum atomic E-state index is -1.27. The molecule has 102 valence electrons. The molecule has 0 bridgehead atoms. The molecule has 1 aromatic carbocycles. The lowest BCUT2D eigenvalue weighted by atomic mass is 10.0. The van der Waals surface area contributed by atoms with Gasteiger partial charge < -0.3 is 9.84 Å². The summed E-state index contributed by atoms with van der Waals surface area (Å²) in [6, 6.07) is 6.58. The molecule has 2 aromatic rings. The number of carboxylic acid groups (broad SMARTS) is 1. The summed E-state index contributed by atoms with van der Waals surface area (Å²) in [4.78, 5) is 31.3. The molecule has 0 spiro atoms. The first-order valence-corrected chi connectivity index (χ1v) is 5.79. The van der Waals surface area contributed by atoms with E-state index in [9.17, 15) is 9.59 Å². The van der Waals surface area contributed by atoms with Gasteiger partial charge in [0.2, 0.25) is 5.78 Å². The molecular weight excluding hydrogens is 260 g/mol. The number of aryl methyl sites for hydroxylation is 1. The highest BCUT2D eigenvalue weighted by atomic mass is 16.5. The zero-order valence-electron chi connectivity index (χ0n) is 11.0. The van der Waals surface area contributed by atoms with Gasteiger partial charge in [0.15, 0.2) is 5.69 Å². The van der Waals surface area contributed by atoms with Gasteiger partial charge in [-0.3, -0.25) is 4.79 Å². The van der Waals surface area contributed by atoms with Crippen LogP contribution in [0.1, 0.15) is 32.2 Å². The SMILES string of the molecule is COc1ccccc1C(=O)c1cnc(C)nc1C(=O)O. The van der Waals surface area contributed by atoms with Crippen molar-refractivity contribution >= 4 is 11.8 Å². The third kappa shape index (κ3) is 2.49. The lowest BCUT2D eigenvalue weighted by molar-refractivity contribution is 0.0685. The molecule has 1 aromatic heterocycles. The number of hydrogen-bond donors (Lipinski definition) is 1. The van der Waals surface area contributed by atoms with E-state index in [1.807, 2.05) is 0 Å². The van der Waals surface area contributed by atoms with Crippen LogP contribution >= 0.6 is 0 Å². The van der Waals surface area contributed by atoms with Crippen molar-refractivity contribution in [3.63, 3.8) is 0 Å². The van der Waals surface area contributed by atoms with Gasteiger partial charge in [0.25, 0.3) is 0 Å². The monoisotopic (exact) mass is 272 g/mol. The second-order valence-corrected chi connectivity index (χ2v) is 4.01. The van der Waals surface area contributed by atoms with Gasteiger partial charge >= 0.3 is 5.97 Å². The number of hydrogen-bond acceptors (Lipinski definition) is 5. The van der Waals surface area contributed by atoms with Crippen LogP contribution in [0, 0.1) is 6.92 Å². The zero-order chi connectivity index (χ0) is 14.7. The topological polar surface area (TPSA) is 89.4 Å². The number of benzene rings is 1. The fourth-order valence-corrected chi connectivity index (χ4v) is 1.78. The highest BCUT2D eigenvalue weighted by Crippen LogP contribution is 2.22. The maximum atomic E-state index is 12.4. The lowest BCUT2D eigenvalue weighted by Crippen LogP contribution is -2.14. The van der Waals surface area contributed by atoms with Gasteiger partial charge in [0.05, 0.1) is 18.2 Å². The molecule has 0 aliphatic rings. The molecule has 1 N–H and O–H groups in total. The van der Waals surface area contributed by atoms with E-state index in [0.717, 1.165) is 0 Å². The highest BCUT2D eigenvalue weighted by molar-refractivity contribution is 6.14. The van der Waals surface area contributed by atoms with E-state index in [4.69, 9.17) is 9.84 Å². The molecule has 2 rings (SSSR count). The Balaban J connectivity index is 2.56. The number of aromatic carboxylic acids is 1. The standard InChI is InChI=1S/C14H12N2O4/c1-8-15-7-10(12(16-8)14(18)19)13(17)9-5-3-4-6-11(9)20-2/h3-7H,1-2H3,(H,18,19). The Hall–Kier alpha value is -2.76. The first-order valence-electron chi connectivity index (χ1n) is 5.79. The first kappa shape index (κ1) is 13.7. The van der Waals surface area contributed by atoms with Crippen LogP contribution in [-0.4, -0.2) is 33.9 Å². The normalized spacial score (nSPS) is 10.1. The number of para-hydroxylation sites is 1. The van der Waals surface area contributed by atoms with E-state index in [1.165, 1.54) is 13.3 Å². The maximum absolute atomic E-state index is 12.4. The summed E-state index contributed by atoms with van der Waals surface area (Å²) in [7, 11) is 1.44. The van der Waals surface area contributed by atoms with Crippen molar-refractivity contribution in [1.82, 2.24) is 9.97 Å². The Morgan fingerprint density at radius 1 is 1.20 bits per heavy atom. The molecule has 0 saturated heterocycles. The second kappa shape index (κ2) is 5.48. The van der Waals surface area contributed by atoms with Crippen LogP contribution in [0.2, 0.25) is 0 Å². The molecule has 0 amide bonds. The molecule has 20 heavy (non-hydrogen) atoms. The van der Waals surface area contributed by atoms with Gasteiger partial charge in [-0.15, -0.1) is 0 Å². The van der Waals surface area contributed by atoms with Crippen molar-refractivity contribution in [3.05, 3.63) is 53.1 Å². The summed E-state index contributed by atoms with van der Waals surface area (Å²) in [6.45, 7) is 1.56. The Morgan fingerprint density at radius 2 is 1.90 bits per heavy atom. The number of methoxy groups -OCH3 is 1. The average Bonchev–Trinajstić information content (AvgIpc) is 2.46. The second-order valence-electron chi connectivity index (χ2n) is 4.01. The average molecular weight is 272 g/mol. The predicted molar refractivity (Wildman–Crippen MR) is 70.2 cm³/mol. The molecule has 0 radical (unpaired) electrons. The zero-order valence-corrected chi connectivity index (χ0v) is 11.0. The van der Waals surface area contributed by atoms with Crippen molar-refractivity contribution in [2.45, 2.75) is 6.92 Å². The molecule has 0 aliphatic heterocycles. The number of rotatable bonds is 4. The Bertz CT molecular complexity index is 683. The summed E-state index contributed by atoms with van der Waals surface area (Å²) in [5.41, 5.74) is -0.106. The van der Waals surface area contributed by atoms with Gasteiger partial charge in [-0.25, -0.2) is 14.8 Å². The Labute approximate surface area is 115 Å². The Morgan fingerprint density at radius 3 is 2.55 bits per heavy atom. The quantitative estimate of drug-likeness (QED) is 0.852.